The van der Waals surface area contributed by atoms with E-state index in [-0.39, 0.29) is 12.0 Å². The minimum atomic E-state index is -0.773. The number of rotatable bonds is 2. The first-order valence-corrected chi connectivity index (χ1v) is 6.77. The topological polar surface area (TPSA) is 75.6 Å². The van der Waals surface area contributed by atoms with Gasteiger partial charge in [0.15, 0.2) is 0 Å². The van der Waals surface area contributed by atoms with E-state index in [4.69, 9.17) is 9.84 Å². The van der Waals surface area contributed by atoms with Crippen LogP contribution in [0.4, 0.5) is 0 Å². The Morgan fingerprint density at radius 2 is 2.10 bits per heavy atom. The molecule has 0 bridgehead atoms. The van der Waals surface area contributed by atoms with Crippen molar-refractivity contribution in [1.82, 2.24) is 5.32 Å². The molecule has 21 heavy (non-hydrogen) atoms. The lowest BCUT2D eigenvalue weighted by atomic mass is 9.95. The second kappa shape index (κ2) is 6.91. The van der Waals surface area contributed by atoms with Crippen molar-refractivity contribution < 1.29 is 19.4 Å². The number of carbonyl (C=O) groups is 2. The van der Waals surface area contributed by atoms with Gasteiger partial charge in [-0.15, -0.1) is 0 Å². The third kappa shape index (κ3) is 3.83. The normalized spacial score (nSPS) is 21.0. The molecular weight excluding hydrogens is 270 g/mol. The number of ether oxygens (including phenoxy) is 1. The van der Waals surface area contributed by atoms with Gasteiger partial charge in [-0.25, -0.2) is 4.79 Å². The third-order valence-electron chi connectivity index (χ3n) is 3.48. The molecule has 1 saturated heterocycles. The second-order valence-electron chi connectivity index (χ2n) is 4.88. The number of carboxylic acid groups (broad SMARTS) is 1. The molecule has 5 nitrogen and oxygen atoms in total. The molecule has 0 amide bonds. The molecule has 2 rings (SSSR count). The highest BCUT2D eigenvalue weighted by molar-refractivity contribution is 5.92. The first kappa shape index (κ1) is 15.1. The van der Waals surface area contributed by atoms with Gasteiger partial charge in [-0.3, -0.25) is 4.79 Å². The van der Waals surface area contributed by atoms with E-state index in [0.29, 0.717) is 30.5 Å². The molecule has 0 aromatic heterocycles. The van der Waals surface area contributed by atoms with E-state index in [1.54, 1.807) is 18.2 Å². The van der Waals surface area contributed by atoms with Gasteiger partial charge < -0.3 is 15.2 Å². The number of carbonyl (C=O) groups excluding carboxylic acids is 1. The molecule has 1 heterocycles. The maximum atomic E-state index is 11.6. The standard InChI is InChI=1S/C16H17NO4/c1-21-16(20)14-5-3-2-4-11(14)6-8-13-9-7-12(10-17-13)15(18)19/h2-5,12-13,17H,7,9-10H2,1H3,(H,18,19). The highest BCUT2D eigenvalue weighted by Crippen LogP contribution is 2.14. The highest BCUT2D eigenvalue weighted by atomic mass is 16.5. The average Bonchev–Trinajstić information content (AvgIpc) is 2.52. The summed E-state index contributed by atoms with van der Waals surface area (Å²) in [5.74, 6) is 4.51. The molecule has 2 N–H and O–H groups in total. The van der Waals surface area contributed by atoms with E-state index in [1.807, 2.05) is 6.07 Å². The first-order chi connectivity index (χ1) is 10.1. The summed E-state index contributed by atoms with van der Waals surface area (Å²) in [6.07, 6.45) is 1.30. The van der Waals surface area contributed by atoms with Crippen LogP contribution in [-0.2, 0) is 9.53 Å². The Labute approximate surface area is 123 Å². The lowest BCUT2D eigenvalue weighted by Gasteiger charge is -2.23. The summed E-state index contributed by atoms with van der Waals surface area (Å²) >= 11 is 0. The predicted molar refractivity (Wildman–Crippen MR) is 76.8 cm³/mol. The van der Waals surface area contributed by atoms with Crippen LogP contribution in [0.25, 0.3) is 0 Å². The van der Waals surface area contributed by atoms with Crippen molar-refractivity contribution in [3.8, 4) is 11.8 Å². The molecule has 2 unspecified atom stereocenters. The summed E-state index contributed by atoms with van der Waals surface area (Å²) in [5, 5.41) is 12.0. The lowest BCUT2D eigenvalue weighted by Crippen LogP contribution is -2.40. The third-order valence-corrected chi connectivity index (χ3v) is 3.48. The molecule has 1 aromatic rings. The molecule has 0 radical (unpaired) electrons. The molecule has 1 aliphatic rings. The van der Waals surface area contributed by atoms with Gasteiger partial charge in [0.25, 0.3) is 0 Å². The van der Waals surface area contributed by atoms with Gasteiger partial charge in [-0.05, 0) is 25.0 Å². The molecule has 5 heteroatoms. The van der Waals surface area contributed by atoms with Crippen molar-refractivity contribution in [2.45, 2.75) is 18.9 Å². The molecule has 0 aliphatic carbocycles. The Bertz CT molecular complexity index is 592. The lowest BCUT2D eigenvalue weighted by molar-refractivity contribution is -0.142. The van der Waals surface area contributed by atoms with Crippen molar-refractivity contribution in [2.24, 2.45) is 5.92 Å². The van der Waals surface area contributed by atoms with Crippen LogP contribution in [0.15, 0.2) is 24.3 Å². The number of methoxy groups -OCH3 is 1. The number of hydrogen-bond donors (Lipinski definition) is 2. The minimum absolute atomic E-state index is 0.0497. The molecular formula is C16H17NO4. The van der Waals surface area contributed by atoms with Crippen LogP contribution in [0.3, 0.4) is 0 Å². The summed E-state index contributed by atoms with van der Waals surface area (Å²) in [6, 6.07) is 6.96. The summed E-state index contributed by atoms with van der Waals surface area (Å²) in [4.78, 5) is 22.5. The summed E-state index contributed by atoms with van der Waals surface area (Å²) in [7, 11) is 1.33. The van der Waals surface area contributed by atoms with Gasteiger partial charge in [0, 0.05) is 12.1 Å². The van der Waals surface area contributed by atoms with E-state index < -0.39 is 11.9 Å². The van der Waals surface area contributed by atoms with Crippen molar-refractivity contribution in [1.29, 1.82) is 0 Å². The van der Waals surface area contributed by atoms with E-state index in [9.17, 15) is 9.59 Å². The summed E-state index contributed by atoms with van der Waals surface area (Å²) in [5.41, 5.74) is 1.05. The molecule has 1 aromatic carbocycles. The Kier molecular flexibility index (Phi) is 4.96. The number of carboxylic acids is 1. The van der Waals surface area contributed by atoms with E-state index in [0.717, 1.165) is 0 Å². The average molecular weight is 287 g/mol. The van der Waals surface area contributed by atoms with Crippen LogP contribution >= 0.6 is 0 Å². The summed E-state index contributed by atoms with van der Waals surface area (Å²) in [6.45, 7) is 0.424. The second-order valence-corrected chi connectivity index (χ2v) is 4.88. The zero-order valence-corrected chi connectivity index (χ0v) is 11.8. The van der Waals surface area contributed by atoms with Gasteiger partial charge in [0.1, 0.15) is 0 Å². The maximum Gasteiger partial charge on any atom is 0.339 e. The summed E-state index contributed by atoms with van der Waals surface area (Å²) < 4.78 is 4.72. The van der Waals surface area contributed by atoms with Crippen molar-refractivity contribution in [2.75, 3.05) is 13.7 Å². The Morgan fingerprint density at radius 1 is 1.33 bits per heavy atom. The minimum Gasteiger partial charge on any atom is -0.481 e. The molecule has 1 aliphatic heterocycles. The van der Waals surface area contributed by atoms with Crippen LogP contribution in [0.2, 0.25) is 0 Å². The van der Waals surface area contributed by atoms with Gasteiger partial charge in [-0.2, -0.15) is 0 Å². The van der Waals surface area contributed by atoms with Crippen LogP contribution in [0.5, 0.6) is 0 Å². The molecule has 110 valence electrons. The van der Waals surface area contributed by atoms with Gasteiger partial charge in [0.2, 0.25) is 0 Å². The van der Waals surface area contributed by atoms with Crippen molar-refractivity contribution >= 4 is 11.9 Å². The Hall–Kier alpha value is -2.32. The number of nitrogens with one attached hydrogen (secondary N) is 1. The fourth-order valence-corrected chi connectivity index (χ4v) is 2.24. The van der Waals surface area contributed by atoms with Crippen LogP contribution in [0, 0.1) is 17.8 Å². The fraction of sp³-hybridized carbons (Fsp3) is 0.375. The molecule has 2 atom stereocenters. The quantitative estimate of drug-likeness (QED) is 0.633. The van der Waals surface area contributed by atoms with Crippen molar-refractivity contribution in [3.63, 3.8) is 0 Å². The van der Waals surface area contributed by atoms with Crippen LogP contribution < -0.4 is 5.32 Å². The highest BCUT2D eigenvalue weighted by Gasteiger charge is 2.24. The van der Waals surface area contributed by atoms with E-state index in [1.165, 1.54) is 7.11 Å². The van der Waals surface area contributed by atoms with Crippen molar-refractivity contribution in [3.05, 3.63) is 35.4 Å². The zero-order valence-electron chi connectivity index (χ0n) is 11.8. The number of piperidine rings is 1. The predicted octanol–water partition coefficient (Wildman–Crippen LogP) is 1.28. The number of hydrogen-bond acceptors (Lipinski definition) is 4. The van der Waals surface area contributed by atoms with Crippen LogP contribution in [-0.4, -0.2) is 36.7 Å². The zero-order chi connectivity index (χ0) is 15.2. The number of aliphatic carboxylic acids is 1. The smallest absolute Gasteiger partial charge is 0.339 e. The fourth-order valence-electron chi connectivity index (χ4n) is 2.24. The van der Waals surface area contributed by atoms with E-state index in [2.05, 4.69) is 17.2 Å². The Balaban J connectivity index is 2.07. The Morgan fingerprint density at radius 3 is 2.71 bits per heavy atom. The SMILES string of the molecule is COC(=O)c1ccccc1C#CC1CCC(C(=O)O)CN1. The number of esters is 1. The largest absolute Gasteiger partial charge is 0.481 e. The van der Waals surface area contributed by atoms with Gasteiger partial charge in [0.05, 0.1) is 24.6 Å². The molecule has 1 fully saturated rings. The molecule has 0 spiro atoms. The van der Waals surface area contributed by atoms with Crippen LogP contribution in [0.1, 0.15) is 28.8 Å². The first-order valence-electron chi connectivity index (χ1n) is 6.77. The van der Waals surface area contributed by atoms with E-state index >= 15 is 0 Å². The maximum absolute atomic E-state index is 11.6. The molecule has 0 saturated carbocycles. The van der Waals surface area contributed by atoms with Gasteiger partial charge in [-0.1, -0.05) is 24.0 Å². The number of benzene rings is 1. The van der Waals surface area contributed by atoms with Gasteiger partial charge >= 0.3 is 11.9 Å². The monoisotopic (exact) mass is 287 g/mol.